The van der Waals surface area contributed by atoms with E-state index in [0.29, 0.717) is 11.8 Å². The number of nitrogens with zero attached hydrogens (tertiary/aromatic N) is 3. The predicted octanol–water partition coefficient (Wildman–Crippen LogP) is 3.38. The Morgan fingerprint density at radius 1 is 1.36 bits per heavy atom. The lowest BCUT2D eigenvalue weighted by atomic mass is 10.1. The zero-order chi connectivity index (χ0) is 19.2. The molecular weight excluding hydrogens is 485 g/mol. The summed E-state index contributed by atoms with van der Waals surface area (Å²) in [4.78, 5) is 23.6. The van der Waals surface area contributed by atoms with Crippen LogP contribution in [0.2, 0.25) is 0 Å². The van der Waals surface area contributed by atoms with Crippen LogP contribution in [-0.2, 0) is 11.2 Å². The van der Waals surface area contributed by atoms with Crippen molar-refractivity contribution in [3.05, 3.63) is 16.1 Å². The smallest absolute Gasteiger partial charge is 0.225 e. The van der Waals surface area contributed by atoms with Crippen molar-refractivity contribution in [2.24, 2.45) is 10.9 Å². The number of thiazole rings is 1. The van der Waals surface area contributed by atoms with Gasteiger partial charge in [0.25, 0.3) is 0 Å². The van der Waals surface area contributed by atoms with E-state index in [-0.39, 0.29) is 35.9 Å². The van der Waals surface area contributed by atoms with Crippen molar-refractivity contribution >= 4 is 47.2 Å². The van der Waals surface area contributed by atoms with Crippen LogP contribution >= 0.6 is 35.3 Å². The fourth-order valence-electron chi connectivity index (χ4n) is 3.91. The van der Waals surface area contributed by atoms with Crippen LogP contribution in [0.15, 0.2) is 10.4 Å². The van der Waals surface area contributed by atoms with Crippen molar-refractivity contribution in [1.82, 2.24) is 20.5 Å². The van der Waals surface area contributed by atoms with Gasteiger partial charge >= 0.3 is 0 Å². The van der Waals surface area contributed by atoms with Gasteiger partial charge in [-0.25, -0.2) is 4.98 Å². The second kappa shape index (κ2) is 11.3. The Balaban J connectivity index is 0.00000280. The molecule has 2 heterocycles. The fraction of sp³-hybridized carbons (Fsp3) is 0.750. The minimum absolute atomic E-state index is 0. The molecule has 2 aliphatic rings. The van der Waals surface area contributed by atoms with Crippen LogP contribution in [0.5, 0.6) is 0 Å². The molecule has 1 saturated heterocycles. The quantitative estimate of drug-likeness (QED) is 0.344. The van der Waals surface area contributed by atoms with Crippen LogP contribution in [0.4, 0.5) is 0 Å². The van der Waals surface area contributed by atoms with E-state index < -0.39 is 0 Å². The average Bonchev–Trinajstić information content (AvgIpc) is 3.41. The fourth-order valence-corrected chi connectivity index (χ4v) is 4.78. The van der Waals surface area contributed by atoms with Gasteiger partial charge in [-0.1, -0.05) is 26.7 Å². The van der Waals surface area contributed by atoms with Crippen molar-refractivity contribution in [2.45, 2.75) is 64.3 Å². The molecular formula is C20H34IN5OS. The summed E-state index contributed by atoms with van der Waals surface area (Å²) in [7, 11) is 1.80. The highest BCUT2D eigenvalue weighted by Crippen LogP contribution is 2.27. The zero-order valence-corrected chi connectivity index (χ0v) is 20.4. The number of hydrogen-bond acceptors (Lipinski definition) is 4. The monoisotopic (exact) mass is 519 g/mol. The first kappa shape index (κ1) is 23.4. The summed E-state index contributed by atoms with van der Waals surface area (Å²) < 4.78 is 0. The van der Waals surface area contributed by atoms with Gasteiger partial charge in [0.1, 0.15) is 0 Å². The number of aromatic nitrogens is 1. The van der Waals surface area contributed by atoms with Gasteiger partial charge in [0.15, 0.2) is 5.96 Å². The molecule has 0 aromatic carbocycles. The van der Waals surface area contributed by atoms with E-state index in [0.717, 1.165) is 57.0 Å². The number of hydrogen-bond donors (Lipinski definition) is 2. The van der Waals surface area contributed by atoms with Gasteiger partial charge in [0, 0.05) is 56.4 Å². The van der Waals surface area contributed by atoms with E-state index in [1.165, 1.54) is 17.8 Å². The van der Waals surface area contributed by atoms with Gasteiger partial charge in [0.2, 0.25) is 5.91 Å². The molecule has 1 aromatic rings. The highest BCUT2D eigenvalue weighted by Gasteiger charge is 2.32. The van der Waals surface area contributed by atoms with Crippen molar-refractivity contribution in [3.63, 3.8) is 0 Å². The van der Waals surface area contributed by atoms with Gasteiger partial charge in [-0.3, -0.25) is 9.79 Å². The molecule has 6 nitrogen and oxygen atoms in total. The number of carbonyl (C=O) groups is 1. The maximum Gasteiger partial charge on any atom is 0.225 e. The summed E-state index contributed by atoms with van der Waals surface area (Å²) in [6.07, 6.45) is 6.45. The van der Waals surface area contributed by atoms with Gasteiger partial charge in [0.05, 0.1) is 10.7 Å². The van der Waals surface area contributed by atoms with Crippen LogP contribution in [0.3, 0.4) is 0 Å². The number of carbonyl (C=O) groups excluding carboxylic acids is 1. The average molecular weight is 519 g/mol. The van der Waals surface area contributed by atoms with E-state index in [1.54, 1.807) is 18.4 Å². The Labute approximate surface area is 190 Å². The van der Waals surface area contributed by atoms with Gasteiger partial charge < -0.3 is 15.5 Å². The summed E-state index contributed by atoms with van der Waals surface area (Å²) in [5.74, 6) is 1.94. The van der Waals surface area contributed by atoms with E-state index in [9.17, 15) is 4.79 Å². The Morgan fingerprint density at radius 3 is 2.75 bits per heavy atom. The Morgan fingerprint density at radius 2 is 2.11 bits per heavy atom. The molecule has 3 rings (SSSR count). The molecule has 1 atom stereocenters. The lowest BCUT2D eigenvalue weighted by Gasteiger charge is -2.21. The van der Waals surface area contributed by atoms with Crippen molar-refractivity contribution in [1.29, 1.82) is 0 Å². The van der Waals surface area contributed by atoms with Crippen molar-refractivity contribution < 1.29 is 4.79 Å². The third-order valence-electron chi connectivity index (χ3n) is 5.51. The van der Waals surface area contributed by atoms with E-state index in [4.69, 9.17) is 0 Å². The summed E-state index contributed by atoms with van der Waals surface area (Å²) in [5.41, 5.74) is 1.14. The largest absolute Gasteiger partial charge is 0.356 e. The molecule has 0 bridgehead atoms. The molecule has 0 radical (unpaired) electrons. The molecule has 1 aliphatic carbocycles. The zero-order valence-electron chi connectivity index (χ0n) is 17.2. The molecule has 0 spiro atoms. The number of amides is 1. The van der Waals surface area contributed by atoms with Crippen molar-refractivity contribution in [2.75, 3.05) is 26.7 Å². The molecule has 2 fully saturated rings. The summed E-state index contributed by atoms with van der Waals surface area (Å²) in [6, 6.07) is 0.286. The number of halogens is 1. The van der Waals surface area contributed by atoms with E-state index >= 15 is 0 Å². The molecule has 8 heteroatoms. The molecule has 1 amide bonds. The van der Waals surface area contributed by atoms with Crippen LogP contribution in [0.1, 0.15) is 62.6 Å². The standard InChI is InChI=1S/C20H33N5OS.HI/c1-14(2)18-23-17(13-27-18)8-10-22-20(21-3)24-16-9-11-25(12-16)19(26)15-6-4-5-7-15;/h13-16H,4-12H2,1-3H3,(H2,21,22,24);1H. The van der Waals surface area contributed by atoms with Crippen LogP contribution < -0.4 is 10.6 Å². The first-order chi connectivity index (χ1) is 13.1. The first-order valence-corrected chi connectivity index (χ1v) is 11.1. The third-order valence-corrected chi connectivity index (χ3v) is 6.70. The lowest BCUT2D eigenvalue weighted by molar-refractivity contribution is -0.134. The maximum absolute atomic E-state index is 12.6. The highest BCUT2D eigenvalue weighted by atomic mass is 127. The first-order valence-electron chi connectivity index (χ1n) is 10.3. The second-order valence-corrected chi connectivity index (χ2v) is 8.87. The maximum atomic E-state index is 12.6. The minimum atomic E-state index is 0. The Hall–Kier alpha value is -0.900. The second-order valence-electron chi connectivity index (χ2n) is 7.98. The SMILES string of the molecule is CN=C(NCCc1csc(C(C)C)n1)NC1CCN(C(=O)C2CCCC2)C1.I. The molecule has 2 N–H and O–H groups in total. The number of guanidine groups is 1. The summed E-state index contributed by atoms with van der Waals surface area (Å²) in [5, 5.41) is 10.2. The van der Waals surface area contributed by atoms with E-state index in [1.807, 2.05) is 4.90 Å². The number of likely N-dealkylation sites (tertiary alicyclic amines) is 1. The third kappa shape index (κ3) is 6.30. The Bertz CT molecular complexity index is 657. The Kier molecular flexibility index (Phi) is 9.46. The van der Waals surface area contributed by atoms with Gasteiger partial charge in [-0.05, 0) is 19.3 Å². The molecule has 1 aliphatic heterocycles. The molecule has 1 unspecified atom stereocenters. The topological polar surface area (TPSA) is 69.6 Å². The number of nitrogens with one attached hydrogen (secondary N) is 2. The summed E-state index contributed by atoms with van der Waals surface area (Å²) in [6.45, 7) is 6.81. The summed E-state index contributed by atoms with van der Waals surface area (Å²) >= 11 is 1.74. The highest BCUT2D eigenvalue weighted by molar-refractivity contribution is 14.0. The molecule has 28 heavy (non-hydrogen) atoms. The van der Waals surface area contributed by atoms with Gasteiger partial charge in [-0.15, -0.1) is 35.3 Å². The minimum Gasteiger partial charge on any atom is -0.356 e. The van der Waals surface area contributed by atoms with Gasteiger partial charge in [-0.2, -0.15) is 0 Å². The molecule has 158 valence electrons. The van der Waals surface area contributed by atoms with Crippen LogP contribution in [-0.4, -0.2) is 54.5 Å². The number of aliphatic imine (C=N–C) groups is 1. The lowest BCUT2D eigenvalue weighted by Crippen LogP contribution is -2.45. The van der Waals surface area contributed by atoms with Crippen LogP contribution in [0, 0.1) is 5.92 Å². The predicted molar refractivity (Wildman–Crippen MR) is 127 cm³/mol. The van der Waals surface area contributed by atoms with Crippen molar-refractivity contribution in [3.8, 4) is 0 Å². The van der Waals surface area contributed by atoms with E-state index in [2.05, 4.69) is 39.8 Å². The molecule has 1 saturated carbocycles. The normalized spacial score (nSPS) is 20.5. The number of rotatable bonds is 6. The molecule has 1 aromatic heterocycles. The van der Waals surface area contributed by atoms with Crippen LogP contribution in [0.25, 0.3) is 0 Å².